The topological polar surface area (TPSA) is 84.5 Å². The molecule has 0 radical (unpaired) electrons. The highest BCUT2D eigenvalue weighted by atomic mass is 32.2. The number of fused-ring (bicyclic) bond motifs is 1. The number of carbonyl (C=O) groups is 1. The molecule has 0 atom stereocenters. The van der Waals surface area contributed by atoms with Crippen LogP contribution in [0.2, 0.25) is 0 Å². The molecule has 9 heteroatoms. The molecule has 0 heterocycles. The number of amides is 1. The van der Waals surface area contributed by atoms with Crippen LogP contribution in [0.3, 0.4) is 0 Å². The minimum absolute atomic E-state index is 0.427. The summed E-state index contributed by atoms with van der Waals surface area (Å²) >= 11 is 0. The fraction of sp³-hybridized carbons (Fsp3) is 0.0556. The van der Waals surface area contributed by atoms with Crippen LogP contribution in [-0.4, -0.2) is 20.9 Å². The number of nitrogens with one attached hydrogen (secondary N) is 2. The van der Waals surface area contributed by atoms with Crippen LogP contribution >= 0.6 is 0 Å². The maximum Gasteiger partial charge on any atom is 0.272 e. The number of carbonyl (C=O) groups excluding carboxylic acids is 1. The summed E-state index contributed by atoms with van der Waals surface area (Å²) in [6.07, 6.45) is 0. The molecule has 2 N–H and O–H groups in total. The van der Waals surface area contributed by atoms with Crippen molar-refractivity contribution in [1.82, 2.24) is 10.3 Å². The van der Waals surface area contributed by atoms with E-state index in [1.807, 2.05) is 35.8 Å². The Morgan fingerprint density at radius 2 is 1.70 bits per heavy atom. The van der Waals surface area contributed by atoms with E-state index >= 15 is 0 Å². The molecule has 0 spiro atoms. The van der Waals surface area contributed by atoms with Gasteiger partial charge in [0, 0.05) is 6.07 Å². The molecule has 27 heavy (non-hydrogen) atoms. The molecule has 3 aromatic carbocycles. The summed E-state index contributed by atoms with van der Waals surface area (Å²) < 4.78 is 55.7. The average molecular weight is 392 g/mol. The second kappa shape index (κ2) is 7.68. The molecule has 0 aromatic heterocycles. The van der Waals surface area contributed by atoms with Crippen LogP contribution in [0.1, 0.15) is 0 Å². The van der Waals surface area contributed by atoms with Gasteiger partial charge in [0.15, 0.2) is 6.61 Å². The van der Waals surface area contributed by atoms with Gasteiger partial charge in [-0.05, 0) is 35.0 Å². The standard InChI is InChI=1S/C18H14F2N2O4S/c19-14-6-8-17(16(20)10-14)27(24,25)22-21-18(23)11-26-15-7-5-12-3-1-2-4-13(12)9-15/h1-10,22H,11H2,(H,21,23). The van der Waals surface area contributed by atoms with Gasteiger partial charge in [0.05, 0.1) is 0 Å². The van der Waals surface area contributed by atoms with Crippen LogP contribution in [0.5, 0.6) is 5.75 Å². The lowest BCUT2D eigenvalue weighted by atomic mass is 10.1. The van der Waals surface area contributed by atoms with E-state index < -0.39 is 39.1 Å². The Morgan fingerprint density at radius 1 is 0.963 bits per heavy atom. The Bertz CT molecular complexity index is 1100. The molecular formula is C18H14F2N2O4S. The van der Waals surface area contributed by atoms with Crippen molar-refractivity contribution in [2.45, 2.75) is 4.90 Å². The molecule has 6 nitrogen and oxygen atoms in total. The van der Waals surface area contributed by atoms with Gasteiger partial charge >= 0.3 is 0 Å². The van der Waals surface area contributed by atoms with Gasteiger partial charge in [0.2, 0.25) is 0 Å². The molecule has 0 aliphatic rings. The lowest BCUT2D eigenvalue weighted by Gasteiger charge is -2.10. The van der Waals surface area contributed by atoms with Gasteiger partial charge < -0.3 is 4.74 Å². The van der Waals surface area contributed by atoms with E-state index in [1.165, 1.54) is 0 Å². The second-order valence-corrected chi connectivity index (χ2v) is 7.18. The van der Waals surface area contributed by atoms with Crippen LogP contribution in [0.25, 0.3) is 10.8 Å². The van der Waals surface area contributed by atoms with Gasteiger partial charge in [0.1, 0.15) is 22.3 Å². The molecule has 0 aliphatic carbocycles. The second-order valence-electron chi connectivity index (χ2n) is 5.53. The van der Waals surface area contributed by atoms with Crippen molar-refractivity contribution in [2.24, 2.45) is 0 Å². The van der Waals surface area contributed by atoms with E-state index in [1.54, 1.807) is 17.0 Å². The summed E-state index contributed by atoms with van der Waals surface area (Å²) in [6, 6.07) is 14.8. The summed E-state index contributed by atoms with van der Waals surface area (Å²) in [5, 5.41) is 1.92. The molecule has 0 fully saturated rings. The number of hydrazine groups is 1. The number of halogens is 2. The first-order valence-corrected chi connectivity index (χ1v) is 9.21. The summed E-state index contributed by atoms with van der Waals surface area (Å²) in [6.45, 7) is -0.466. The number of ether oxygens (including phenoxy) is 1. The van der Waals surface area contributed by atoms with E-state index in [0.717, 1.165) is 22.9 Å². The van der Waals surface area contributed by atoms with Crippen LogP contribution in [-0.2, 0) is 14.8 Å². The largest absolute Gasteiger partial charge is 0.484 e. The summed E-state index contributed by atoms with van der Waals surface area (Å²) in [4.78, 5) is 12.7. The fourth-order valence-corrected chi connectivity index (χ4v) is 3.24. The van der Waals surface area contributed by atoms with E-state index in [2.05, 4.69) is 0 Å². The maximum atomic E-state index is 13.6. The molecule has 0 aliphatic heterocycles. The Labute approximate surface area is 153 Å². The molecule has 0 bridgehead atoms. The Balaban J connectivity index is 1.58. The van der Waals surface area contributed by atoms with Crippen LogP contribution in [0, 0.1) is 11.6 Å². The summed E-state index contributed by atoms with van der Waals surface area (Å²) in [5.74, 6) is -2.56. The first-order chi connectivity index (χ1) is 12.8. The van der Waals surface area contributed by atoms with Gasteiger partial charge in [0.25, 0.3) is 15.9 Å². The molecule has 0 unspecified atom stereocenters. The highest BCUT2D eigenvalue weighted by molar-refractivity contribution is 7.89. The van der Waals surface area contributed by atoms with Crippen molar-refractivity contribution < 1.29 is 26.7 Å². The molecule has 3 rings (SSSR count). The Hall–Kier alpha value is -3.04. The number of rotatable bonds is 6. The lowest BCUT2D eigenvalue weighted by molar-refractivity contribution is -0.123. The monoisotopic (exact) mass is 392 g/mol. The molecule has 0 saturated carbocycles. The summed E-state index contributed by atoms with van der Waals surface area (Å²) in [5.41, 5.74) is 1.91. The molecule has 140 valence electrons. The SMILES string of the molecule is O=C(COc1ccc2ccccc2c1)NNS(=O)(=O)c1ccc(F)cc1F. The third kappa shape index (κ3) is 4.57. The highest BCUT2D eigenvalue weighted by Crippen LogP contribution is 2.20. The molecule has 1 amide bonds. The normalized spacial score (nSPS) is 11.3. The number of benzene rings is 3. The zero-order valence-electron chi connectivity index (χ0n) is 13.8. The van der Waals surface area contributed by atoms with Gasteiger partial charge in [-0.1, -0.05) is 30.3 Å². The van der Waals surface area contributed by atoms with E-state index in [0.29, 0.717) is 11.8 Å². The zero-order chi connectivity index (χ0) is 19.4. The predicted molar refractivity (Wildman–Crippen MR) is 94.3 cm³/mol. The average Bonchev–Trinajstić information content (AvgIpc) is 2.64. The van der Waals surface area contributed by atoms with Crippen molar-refractivity contribution in [2.75, 3.05) is 6.61 Å². The van der Waals surface area contributed by atoms with Crippen LogP contribution in [0.15, 0.2) is 65.6 Å². The van der Waals surface area contributed by atoms with E-state index in [9.17, 15) is 22.0 Å². The first kappa shape index (κ1) is 18.7. The van der Waals surface area contributed by atoms with E-state index in [-0.39, 0.29) is 0 Å². The first-order valence-electron chi connectivity index (χ1n) is 7.72. The van der Waals surface area contributed by atoms with E-state index in [4.69, 9.17) is 4.74 Å². The molecule has 0 saturated heterocycles. The van der Waals surface area contributed by atoms with Crippen molar-refractivity contribution in [3.05, 3.63) is 72.3 Å². The van der Waals surface area contributed by atoms with Crippen LogP contribution in [0.4, 0.5) is 8.78 Å². The fourth-order valence-electron chi connectivity index (χ4n) is 2.31. The third-order valence-corrected chi connectivity index (χ3v) is 4.88. The van der Waals surface area contributed by atoms with Gasteiger partial charge in [-0.15, -0.1) is 4.83 Å². The number of sulfonamides is 1. The van der Waals surface area contributed by atoms with Gasteiger partial charge in [-0.25, -0.2) is 17.2 Å². The zero-order valence-corrected chi connectivity index (χ0v) is 14.6. The van der Waals surface area contributed by atoms with Gasteiger partial charge in [-0.2, -0.15) is 0 Å². The lowest BCUT2D eigenvalue weighted by Crippen LogP contribution is -2.43. The molecule has 3 aromatic rings. The third-order valence-electron chi connectivity index (χ3n) is 3.60. The van der Waals surface area contributed by atoms with Crippen molar-refractivity contribution in [3.8, 4) is 5.75 Å². The number of hydrogen-bond acceptors (Lipinski definition) is 4. The number of hydrogen-bond donors (Lipinski definition) is 2. The quantitative estimate of drug-likeness (QED) is 0.632. The van der Waals surface area contributed by atoms with Gasteiger partial charge in [-0.3, -0.25) is 10.2 Å². The predicted octanol–water partition coefficient (Wildman–Crippen LogP) is 2.51. The maximum absolute atomic E-state index is 13.6. The minimum Gasteiger partial charge on any atom is -0.484 e. The smallest absolute Gasteiger partial charge is 0.272 e. The Morgan fingerprint density at radius 3 is 2.44 bits per heavy atom. The van der Waals surface area contributed by atoms with Crippen LogP contribution < -0.4 is 15.0 Å². The Kier molecular flexibility index (Phi) is 5.33. The van der Waals surface area contributed by atoms with Crippen molar-refractivity contribution in [3.63, 3.8) is 0 Å². The van der Waals surface area contributed by atoms with Crippen molar-refractivity contribution >= 4 is 26.7 Å². The summed E-state index contributed by atoms with van der Waals surface area (Å²) in [7, 11) is -4.39. The highest BCUT2D eigenvalue weighted by Gasteiger charge is 2.20. The molecular weight excluding hydrogens is 378 g/mol. The minimum atomic E-state index is -4.39. The van der Waals surface area contributed by atoms with Crippen molar-refractivity contribution in [1.29, 1.82) is 0 Å².